The number of hydrogen-bond acceptors (Lipinski definition) is 2. The standard InChI is InChI=1S/C8H14ClN2O/c1-7(2)6(5-9)10-8(3,4)11(7)12/h5H2,1-4H3. The second-order valence-electron chi connectivity index (χ2n) is 4.04. The summed E-state index contributed by atoms with van der Waals surface area (Å²) in [5, 5.41) is 12.7. The van der Waals surface area contributed by atoms with Crippen LogP contribution in [0.5, 0.6) is 0 Å². The second kappa shape index (κ2) is 2.69. The normalized spacial score (nSPS) is 27.3. The average Bonchev–Trinajstić information content (AvgIpc) is 2.11. The Bertz CT molecular complexity index is 223. The van der Waals surface area contributed by atoms with Gasteiger partial charge >= 0.3 is 0 Å². The Morgan fingerprint density at radius 1 is 1.42 bits per heavy atom. The number of hydrogen-bond donors (Lipinski definition) is 0. The topological polar surface area (TPSA) is 35.5 Å². The van der Waals surface area contributed by atoms with Crippen molar-refractivity contribution in [2.45, 2.75) is 38.9 Å². The molecule has 0 spiro atoms. The number of aliphatic imine (C=N–C) groups is 1. The lowest BCUT2D eigenvalue weighted by molar-refractivity contribution is -0.241. The van der Waals surface area contributed by atoms with E-state index in [-0.39, 0.29) is 0 Å². The van der Waals surface area contributed by atoms with Gasteiger partial charge < -0.3 is 0 Å². The Morgan fingerprint density at radius 2 is 1.92 bits per heavy atom. The summed E-state index contributed by atoms with van der Waals surface area (Å²) in [4.78, 5) is 4.27. The van der Waals surface area contributed by atoms with Gasteiger partial charge in [-0.05, 0) is 27.7 Å². The number of alkyl halides is 1. The fourth-order valence-corrected chi connectivity index (χ4v) is 1.89. The van der Waals surface area contributed by atoms with E-state index in [0.717, 1.165) is 10.8 Å². The molecule has 3 nitrogen and oxygen atoms in total. The molecule has 1 aliphatic rings. The summed E-state index contributed by atoms with van der Waals surface area (Å²) in [7, 11) is 0. The fraction of sp³-hybridized carbons (Fsp3) is 0.875. The molecular weight excluding hydrogens is 176 g/mol. The fourth-order valence-electron chi connectivity index (χ4n) is 1.51. The van der Waals surface area contributed by atoms with Gasteiger partial charge in [0.25, 0.3) is 0 Å². The van der Waals surface area contributed by atoms with Crippen LogP contribution in [0.4, 0.5) is 0 Å². The Hall–Kier alpha value is -0.120. The molecule has 0 aromatic heterocycles. The molecule has 0 amide bonds. The predicted molar refractivity (Wildman–Crippen MR) is 48.8 cm³/mol. The molecule has 0 aromatic carbocycles. The van der Waals surface area contributed by atoms with Gasteiger partial charge in [-0.15, -0.1) is 21.9 Å². The summed E-state index contributed by atoms with van der Waals surface area (Å²) < 4.78 is 0. The van der Waals surface area contributed by atoms with Gasteiger partial charge in [0.05, 0.1) is 17.1 Å². The first kappa shape index (κ1) is 9.96. The molecule has 0 aliphatic carbocycles. The first-order valence-corrected chi connectivity index (χ1v) is 4.48. The predicted octanol–water partition coefficient (Wildman–Crippen LogP) is 1.84. The van der Waals surface area contributed by atoms with E-state index in [1.54, 1.807) is 13.8 Å². The van der Waals surface area contributed by atoms with Crippen LogP contribution in [0.3, 0.4) is 0 Å². The van der Waals surface area contributed by atoms with E-state index in [4.69, 9.17) is 11.6 Å². The van der Waals surface area contributed by atoms with Gasteiger partial charge in [0, 0.05) is 0 Å². The van der Waals surface area contributed by atoms with Gasteiger partial charge in [0.1, 0.15) is 5.66 Å². The van der Waals surface area contributed by atoms with Crippen LogP contribution in [-0.4, -0.2) is 27.9 Å². The first-order chi connectivity index (χ1) is 5.32. The summed E-state index contributed by atoms with van der Waals surface area (Å²) in [5.41, 5.74) is -0.442. The second-order valence-corrected chi connectivity index (χ2v) is 4.31. The number of halogens is 1. The maximum Gasteiger partial charge on any atom is 0.134 e. The van der Waals surface area contributed by atoms with Crippen LogP contribution >= 0.6 is 11.6 Å². The van der Waals surface area contributed by atoms with Crippen LogP contribution in [-0.2, 0) is 5.21 Å². The summed E-state index contributed by atoms with van der Waals surface area (Å²) in [5.74, 6) is 0.329. The zero-order valence-electron chi connectivity index (χ0n) is 7.89. The Morgan fingerprint density at radius 3 is 2.08 bits per heavy atom. The number of nitrogens with zero attached hydrogens (tertiary/aromatic N) is 2. The zero-order valence-corrected chi connectivity index (χ0v) is 8.64. The molecule has 69 valence electrons. The largest absolute Gasteiger partial charge is 0.267 e. The Labute approximate surface area is 78.0 Å². The molecule has 0 aromatic rings. The third kappa shape index (κ3) is 1.26. The van der Waals surface area contributed by atoms with E-state index >= 15 is 0 Å². The summed E-state index contributed by atoms with van der Waals surface area (Å²) in [6, 6.07) is 0. The average molecular weight is 190 g/mol. The minimum atomic E-state index is -0.659. The van der Waals surface area contributed by atoms with E-state index in [1.165, 1.54) is 0 Å². The lowest BCUT2D eigenvalue weighted by Gasteiger charge is -2.31. The van der Waals surface area contributed by atoms with Crippen LogP contribution in [0, 0.1) is 0 Å². The van der Waals surface area contributed by atoms with Crippen LogP contribution in [0.2, 0.25) is 0 Å². The summed E-state index contributed by atoms with van der Waals surface area (Å²) in [6.45, 7) is 7.27. The van der Waals surface area contributed by atoms with Crippen molar-refractivity contribution in [2.24, 2.45) is 4.99 Å². The highest BCUT2D eigenvalue weighted by atomic mass is 35.5. The molecule has 0 saturated carbocycles. The minimum Gasteiger partial charge on any atom is -0.267 e. The molecule has 0 bridgehead atoms. The highest BCUT2D eigenvalue weighted by Crippen LogP contribution is 2.33. The molecule has 12 heavy (non-hydrogen) atoms. The van der Waals surface area contributed by atoms with Gasteiger partial charge in [-0.3, -0.25) is 4.99 Å². The molecule has 0 fully saturated rings. The third-order valence-electron chi connectivity index (χ3n) is 2.25. The van der Waals surface area contributed by atoms with E-state index in [1.807, 2.05) is 13.8 Å². The third-order valence-corrected chi connectivity index (χ3v) is 2.50. The smallest absolute Gasteiger partial charge is 0.134 e. The molecule has 1 rings (SSSR count). The highest BCUT2D eigenvalue weighted by Gasteiger charge is 2.47. The SMILES string of the molecule is CC1(C)N=C(CCl)C(C)(C)N1[O]. The zero-order chi connectivity index (χ0) is 9.57. The van der Waals surface area contributed by atoms with E-state index in [9.17, 15) is 5.21 Å². The molecule has 4 heteroatoms. The maximum atomic E-state index is 11.7. The monoisotopic (exact) mass is 189 g/mol. The van der Waals surface area contributed by atoms with E-state index in [0.29, 0.717) is 5.88 Å². The summed E-state index contributed by atoms with van der Waals surface area (Å²) >= 11 is 5.69. The molecule has 0 N–H and O–H groups in total. The molecule has 1 radical (unpaired) electrons. The van der Waals surface area contributed by atoms with Crippen molar-refractivity contribution >= 4 is 17.3 Å². The van der Waals surface area contributed by atoms with Gasteiger partial charge in [-0.2, -0.15) is 0 Å². The maximum absolute atomic E-state index is 11.7. The molecule has 0 unspecified atom stereocenters. The van der Waals surface area contributed by atoms with Crippen molar-refractivity contribution < 1.29 is 5.21 Å². The first-order valence-electron chi connectivity index (χ1n) is 3.95. The van der Waals surface area contributed by atoms with Crippen molar-refractivity contribution in [1.29, 1.82) is 0 Å². The highest BCUT2D eigenvalue weighted by molar-refractivity contribution is 6.30. The number of hydroxylamine groups is 2. The van der Waals surface area contributed by atoms with Crippen molar-refractivity contribution in [2.75, 3.05) is 5.88 Å². The van der Waals surface area contributed by atoms with Crippen LogP contribution < -0.4 is 0 Å². The molecule has 1 heterocycles. The van der Waals surface area contributed by atoms with Gasteiger partial charge in [-0.1, -0.05) is 0 Å². The lowest BCUT2D eigenvalue weighted by Crippen LogP contribution is -2.49. The minimum absolute atomic E-state index is 0.329. The molecule has 1 aliphatic heterocycles. The van der Waals surface area contributed by atoms with Crippen LogP contribution in [0.1, 0.15) is 27.7 Å². The molecule has 0 saturated heterocycles. The quantitative estimate of drug-likeness (QED) is 0.580. The number of rotatable bonds is 1. The van der Waals surface area contributed by atoms with Crippen LogP contribution in [0.25, 0.3) is 0 Å². The lowest BCUT2D eigenvalue weighted by atomic mass is 10.00. The van der Waals surface area contributed by atoms with Crippen molar-refractivity contribution in [1.82, 2.24) is 5.06 Å². The Balaban J connectivity index is 3.03. The molecule has 0 atom stereocenters. The molecular formula is C8H14ClN2O. The van der Waals surface area contributed by atoms with Crippen molar-refractivity contribution in [3.8, 4) is 0 Å². The van der Waals surface area contributed by atoms with E-state index in [2.05, 4.69) is 4.99 Å². The van der Waals surface area contributed by atoms with Gasteiger partial charge in [0.2, 0.25) is 0 Å². The Kier molecular flexibility index (Phi) is 2.23. The van der Waals surface area contributed by atoms with Gasteiger partial charge in [-0.25, -0.2) is 0 Å². The van der Waals surface area contributed by atoms with Crippen molar-refractivity contribution in [3.05, 3.63) is 0 Å². The summed E-state index contributed by atoms with van der Waals surface area (Å²) in [6.07, 6.45) is 0. The van der Waals surface area contributed by atoms with Crippen LogP contribution in [0.15, 0.2) is 4.99 Å². The van der Waals surface area contributed by atoms with Crippen molar-refractivity contribution in [3.63, 3.8) is 0 Å². The van der Waals surface area contributed by atoms with Gasteiger partial charge in [0.15, 0.2) is 0 Å². The van der Waals surface area contributed by atoms with E-state index < -0.39 is 11.2 Å².